The van der Waals surface area contributed by atoms with Gasteiger partial charge in [0.05, 0.1) is 13.7 Å². The van der Waals surface area contributed by atoms with E-state index in [2.05, 4.69) is 12.1 Å². The van der Waals surface area contributed by atoms with Gasteiger partial charge in [0.15, 0.2) is 0 Å². The van der Waals surface area contributed by atoms with E-state index >= 15 is 0 Å². The predicted octanol–water partition coefficient (Wildman–Crippen LogP) is 2.42. The summed E-state index contributed by atoms with van der Waals surface area (Å²) < 4.78 is 5.23. The molecule has 4 heteroatoms. The second-order valence-electron chi connectivity index (χ2n) is 5.04. The number of aliphatic hydroxyl groups excluding tert-OH is 1. The largest absolute Gasteiger partial charge is 0.497 e. The average molecular weight is 267 g/mol. The van der Waals surface area contributed by atoms with Crippen molar-refractivity contribution in [2.24, 2.45) is 5.73 Å². The van der Waals surface area contributed by atoms with Crippen molar-refractivity contribution < 1.29 is 9.84 Å². The Morgan fingerprint density at radius 3 is 3.11 bits per heavy atom. The van der Waals surface area contributed by atoms with Crippen LogP contribution >= 0.6 is 11.8 Å². The maximum Gasteiger partial charge on any atom is 0.119 e. The molecule has 3 N–H and O–H groups in total. The molecule has 0 amide bonds. The highest BCUT2D eigenvalue weighted by atomic mass is 32.2. The lowest BCUT2D eigenvalue weighted by Crippen LogP contribution is -2.48. The summed E-state index contributed by atoms with van der Waals surface area (Å²) in [5, 5.41) is 9.85. The molecular formula is C14H21NO2S. The Balaban J connectivity index is 2.00. The number of nitrogens with two attached hydrogens (primary N) is 1. The van der Waals surface area contributed by atoms with Crippen LogP contribution in [0.15, 0.2) is 29.2 Å². The number of benzene rings is 1. The highest BCUT2D eigenvalue weighted by Crippen LogP contribution is 2.37. The first kappa shape index (κ1) is 13.7. The van der Waals surface area contributed by atoms with E-state index in [1.807, 2.05) is 23.9 Å². The van der Waals surface area contributed by atoms with E-state index in [9.17, 15) is 5.11 Å². The third-order valence-electron chi connectivity index (χ3n) is 3.49. The van der Waals surface area contributed by atoms with Crippen molar-refractivity contribution in [1.29, 1.82) is 0 Å². The number of hydrogen-bond donors (Lipinski definition) is 2. The summed E-state index contributed by atoms with van der Waals surface area (Å²) in [4.78, 5) is 1.21. The Hall–Kier alpha value is -0.710. The zero-order valence-corrected chi connectivity index (χ0v) is 11.6. The topological polar surface area (TPSA) is 55.5 Å². The first-order valence-corrected chi connectivity index (χ1v) is 7.24. The molecule has 0 bridgehead atoms. The fourth-order valence-corrected chi connectivity index (χ4v) is 3.88. The molecule has 2 unspecified atom stereocenters. The molecule has 2 rings (SSSR count). The van der Waals surface area contributed by atoms with Gasteiger partial charge in [-0.1, -0.05) is 12.5 Å². The molecule has 0 saturated heterocycles. The van der Waals surface area contributed by atoms with Crippen LogP contribution < -0.4 is 10.5 Å². The van der Waals surface area contributed by atoms with Crippen LogP contribution in [0.4, 0.5) is 0 Å². The summed E-state index contributed by atoms with van der Waals surface area (Å²) in [7, 11) is 1.68. The van der Waals surface area contributed by atoms with Crippen molar-refractivity contribution in [1.82, 2.24) is 0 Å². The SMILES string of the molecule is COc1cccc(SC2CCCC(N)(CO)C2)c1. The molecule has 3 nitrogen and oxygen atoms in total. The fourth-order valence-electron chi connectivity index (χ4n) is 2.45. The van der Waals surface area contributed by atoms with Gasteiger partial charge in [0.1, 0.15) is 5.75 Å². The number of aliphatic hydroxyl groups is 1. The van der Waals surface area contributed by atoms with Crippen molar-refractivity contribution in [2.75, 3.05) is 13.7 Å². The minimum atomic E-state index is -0.380. The highest BCUT2D eigenvalue weighted by molar-refractivity contribution is 8.00. The molecule has 1 aliphatic carbocycles. The van der Waals surface area contributed by atoms with Crippen LogP contribution in [0, 0.1) is 0 Å². The number of rotatable bonds is 4. The van der Waals surface area contributed by atoms with Gasteiger partial charge in [-0.05, 0) is 37.5 Å². The molecule has 100 valence electrons. The van der Waals surface area contributed by atoms with Crippen molar-refractivity contribution in [3.05, 3.63) is 24.3 Å². The number of ether oxygens (including phenoxy) is 1. The molecular weight excluding hydrogens is 246 g/mol. The zero-order valence-electron chi connectivity index (χ0n) is 10.8. The highest BCUT2D eigenvalue weighted by Gasteiger charge is 2.32. The van der Waals surface area contributed by atoms with Gasteiger partial charge in [-0.25, -0.2) is 0 Å². The minimum Gasteiger partial charge on any atom is -0.497 e. The molecule has 0 heterocycles. The molecule has 1 aromatic rings. The Morgan fingerprint density at radius 2 is 2.39 bits per heavy atom. The molecule has 0 aliphatic heterocycles. The van der Waals surface area contributed by atoms with Crippen molar-refractivity contribution >= 4 is 11.8 Å². The second kappa shape index (κ2) is 5.95. The quantitative estimate of drug-likeness (QED) is 0.879. The molecule has 1 fully saturated rings. The molecule has 0 radical (unpaired) electrons. The van der Waals surface area contributed by atoms with Crippen LogP contribution in [0.25, 0.3) is 0 Å². The summed E-state index contributed by atoms with van der Waals surface area (Å²) in [6, 6.07) is 8.10. The van der Waals surface area contributed by atoms with Crippen molar-refractivity contribution in [3.8, 4) is 5.75 Å². The average Bonchev–Trinajstić information content (AvgIpc) is 2.39. The van der Waals surface area contributed by atoms with E-state index in [1.165, 1.54) is 11.3 Å². The van der Waals surface area contributed by atoms with E-state index in [0.717, 1.165) is 25.0 Å². The molecule has 0 aromatic heterocycles. The van der Waals surface area contributed by atoms with Crippen LogP contribution in [-0.2, 0) is 0 Å². The number of methoxy groups -OCH3 is 1. The smallest absolute Gasteiger partial charge is 0.119 e. The third kappa shape index (κ3) is 3.40. The van der Waals surface area contributed by atoms with Crippen LogP contribution in [0.3, 0.4) is 0 Å². The normalized spacial score (nSPS) is 28.1. The first-order valence-electron chi connectivity index (χ1n) is 6.36. The van der Waals surface area contributed by atoms with E-state index in [0.29, 0.717) is 5.25 Å². The molecule has 1 aromatic carbocycles. The molecule has 2 atom stereocenters. The summed E-state index contributed by atoms with van der Waals surface area (Å²) in [5.74, 6) is 0.886. The second-order valence-corrected chi connectivity index (χ2v) is 6.41. The molecule has 18 heavy (non-hydrogen) atoms. The van der Waals surface area contributed by atoms with Crippen molar-refractivity contribution in [2.45, 2.75) is 41.4 Å². The van der Waals surface area contributed by atoms with Gasteiger partial charge in [-0.2, -0.15) is 0 Å². The lowest BCUT2D eigenvalue weighted by Gasteiger charge is -2.36. The first-order chi connectivity index (χ1) is 8.65. The van der Waals surface area contributed by atoms with Crippen LogP contribution in [0.5, 0.6) is 5.75 Å². The summed E-state index contributed by atoms with van der Waals surface area (Å²) in [5.41, 5.74) is 5.79. The Bertz CT molecular complexity index is 399. The van der Waals surface area contributed by atoms with Gasteiger partial charge in [0.2, 0.25) is 0 Å². The maximum atomic E-state index is 9.36. The fraction of sp³-hybridized carbons (Fsp3) is 0.571. The van der Waals surface area contributed by atoms with Crippen LogP contribution in [0.2, 0.25) is 0 Å². The maximum absolute atomic E-state index is 9.36. The molecule has 0 spiro atoms. The Labute approximate surface area is 113 Å². The predicted molar refractivity (Wildman–Crippen MR) is 75.1 cm³/mol. The van der Waals surface area contributed by atoms with Gasteiger partial charge in [0, 0.05) is 15.7 Å². The number of thioether (sulfide) groups is 1. The van der Waals surface area contributed by atoms with Gasteiger partial charge in [-0.15, -0.1) is 11.8 Å². The Morgan fingerprint density at radius 1 is 1.56 bits per heavy atom. The van der Waals surface area contributed by atoms with Gasteiger partial charge in [0.25, 0.3) is 0 Å². The van der Waals surface area contributed by atoms with Gasteiger partial charge < -0.3 is 15.6 Å². The Kier molecular flexibility index (Phi) is 4.54. The summed E-state index contributed by atoms with van der Waals surface area (Å²) in [6.07, 6.45) is 4.07. The third-order valence-corrected chi connectivity index (χ3v) is 4.76. The standard InChI is InChI=1S/C14H21NO2S/c1-17-11-4-2-5-12(8-11)18-13-6-3-7-14(15,9-13)10-16/h2,4-5,8,13,16H,3,6-7,9-10,15H2,1H3. The number of hydrogen-bond acceptors (Lipinski definition) is 4. The summed E-state index contributed by atoms with van der Waals surface area (Å²) >= 11 is 1.84. The molecule has 1 aliphatic rings. The van der Waals surface area contributed by atoms with Crippen molar-refractivity contribution in [3.63, 3.8) is 0 Å². The van der Waals surface area contributed by atoms with Gasteiger partial charge in [-0.3, -0.25) is 0 Å². The lowest BCUT2D eigenvalue weighted by atomic mass is 9.83. The minimum absolute atomic E-state index is 0.0855. The lowest BCUT2D eigenvalue weighted by molar-refractivity contribution is 0.159. The van der Waals surface area contributed by atoms with E-state index in [4.69, 9.17) is 10.5 Å². The van der Waals surface area contributed by atoms with E-state index in [-0.39, 0.29) is 12.1 Å². The summed E-state index contributed by atoms with van der Waals surface area (Å²) in [6.45, 7) is 0.0855. The monoisotopic (exact) mass is 267 g/mol. The van der Waals surface area contributed by atoms with Crippen LogP contribution in [-0.4, -0.2) is 29.6 Å². The van der Waals surface area contributed by atoms with Gasteiger partial charge >= 0.3 is 0 Å². The molecule has 1 saturated carbocycles. The van der Waals surface area contributed by atoms with E-state index < -0.39 is 0 Å². The van der Waals surface area contributed by atoms with E-state index in [1.54, 1.807) is 7.11 Å². The zero-order chi connectivity index (χ0) is 13.0. The van der Waals surface area contributed by atoms with Crippen LogP contribution in [0.1, 0.15) is 25.7 Å².